The summed E-state index contributed by atoms with van der Waals surface area (Å²) in [6, 6.07) is 16.9. The normalized spacial score (nSPS) is 10.4. The molecule has 0 saturated carbocycles. The van der Waals surface area contributed by atoms with Gasteiger partial charge >= 0.3 is 5.97 Å². The summed E-state index contributed by atoms with van der Waals surface area (Å²) in [6.45, 7) is 0. The molecule has 0 fully saturated rings. The Morgan fingerprint density at radius 3 is 2.50 bits per heavy atom. The van der Waals surface area contributed by atoms with Gasteiger partial charge in [0.05, 0.1) is 23.9 Å². The molecule has 0 aliphatic heterocycles. The van der Waals surface area contributed by atoms with Crippen LogP contribution in [0, 0.1) is 0 Å². The van der Waals surface area contributed by atoms with Crippen molar-refractivity contribution in [1.29, 1.82) is 0 Å². The van der Waals surface area contributed by atoms with Crippen LogP contribution in [0.3, 0.4) is 0 Å². The number of methoxy groups -OCH3 is 1. The van der Waals surface area contributed by atoms with E-state index in [1.54, 1.807) is 12.1 Å². The topological polar surface area (TPSA) is 52.1 Å². The summed E-state index contributed by atoms with van der Waals surface area (Å²) in [4.78, 5) is 11.4. The van der Waals surface area contributed by atoms with Crippen LogP contribution in [0.1, 0.15) is 10.4 Å². The SMILES string of the molecule is COC(=O)c1ccc(-c2cc3ccccc3nn2)cc1. The second-order valence-corrected chi connectivity index (χ2v) is 4.36. The van der Waals surface area contributed by atoms with Crippen molar-refractivity contribution in [1.82, 2.24) is 10.2 Å². The van der Waals surface area contributed by atoms with Gasteiger partial charge in [-0.2, -0.15) is 0 Å². The number of benzene rings is 2. The molecule has 1 heterocycles. The Labute approximate surface area is 116 Å². The molecule has 0 aliphatic rings. The maximum atomic E-state index is 11.4. The molecule has 3 aromatic rings. The summed E-state index contributed by atoms with van der Waals surface area (Å²) < 4.78 is 4.67. The first-order chi connectivity index (χ1) is 9.78. The monoisotopic (exact) mass is 264 g/mol. The van der Waals surface area contributed by atoms with Gasteiger partial charge < -0.3 is 4.74 Å². The Morgan fingerprint density at radius 1 is 1.00 bits per heavy atom. The highest BCUT2D eigenvalue weighted by atomic mass is 16.5. The smallest absolute Gasteiger partial charge is 0.337 e. The summed E-state index contributed by atoms with van der Waals surface area (Å²) >= 11 is 0. The van der Waals surface area contributed by atoms with Gasteiger partial charge in [0.2, 0.25) is 0 Å². The van der Waals surface area contributed by atoms with E-state index in [9.17, 15) is 4.79 Å². The summed E-state index contributed by atoms with van der Waals surface area (Å²) in [5.74, 6) is -0.346. The predicted molar refractivity (Wildman–Crippen MR) is 76.3 cm³/mol. The van der Waals surface area contributed by atoms with Crippen LogP contribution >= 0.6 is 0 Å². The van der Waals surface area contributed by atoms with Crippen molar-refractivity contribution < 1.29 is 9.53 Å². The minimum atomic E-state index is -0.346. The maximum Gasteiger partial charge on any atom is 0.337 e. The van der Waals surface area contributed by atoms with Gasteiger partial charge in [-0.25, -0.2) is 4.79 Å². The lowest BCUT2D eigenvalue weighted by molar-refractivity contribution is 0.0601. The molecule has 2 aromatic carbocycles. The van der Waals surface area contributed by atoms with Crippen molar-refractivity contribution in [3.8, 4) is 11.3 Å². The van der Waals surface area contributed by atoms with E-state index in [0.29, 0.717) is 5.56 Å². The van der Waals surface area contributed by atoms with Crippen LogP contribution in [0.4, 0.5) is 0 Å². The van der Waals surface area contributed by atoms with Crippen LogP contribution in [-0.2, 0) is 4.74 Å². The van der Waals surface area contributed by atoms with Gasteiger partial charge in [-0.3, -0.25) is 0 Å². The second-order valence-electron chi connectivity index (χ2n) is 4.36. The molecule has 0 amide bonds. The van der Waals surface area contributed by atoms with Crippen molar-refractivity contribution in [2.75, 3.05) is 7.11 Å². The highest BCUT2D eigenvalue weighted by molar-refractivity contribution is 5.90. The second kappa shape index (κ2) is 5.09. The largest absolute Gasteiger partial charge is 0.465 e. The van der Waals surface area contributed by atoms with Crippen LogP contribution in [0.25, 0.3) is 22.2 Å². The number of aromatic nitrogens is 2. The Morgan fingerprint density at radius 2 is 1.75 bits per heavy atom. The Hall–Kier alpha value is -2.75. The van der Waals surface area contributed by atoms with E-state index in [-0.39, 0.29) is 5.97 Å². The highest BCUT2D eigenvalue weighted by Crippen LogP contribution is 2.20. The fourth-order valence-corrected chi connectivity index (χ4v) is 2.02. The lowest BCUT2D eigenvalue weighted by Gasteiger charge is -2.03. The van der Waals surface area contributed by atoms with Crippen molar-refractivity contribution in [2.45, 2.75) is 0 Å². The van der Waals surface area contributed by atoms with Crippen LogP contribution in [-0.4, -0.2) is 23.3 Å². The molecule has 0 radical (unpaired) electrons. The van der Waals surface area contributed by atoms with E-state index in [0.717, 1.165) is 22.2 Å². The molecule has 0 bridgehead atoms. The molecule has 3 rings (SSSR count). The van der Waals surface area contributed by atoms with Gasteiger partial charge in [0.1, 0.15) is 0 Å². The quantitative estimate of drug-likeness (QED) is 0.667. The number of fused-ring (bicyclic) bond motifs is 1. The summed E-state index contributed by atoms with van der Waals surface area (Å²) in [6.07, 6.45) is 0. The van der Waals surface area contributed by atoms with Crippen LogP contribution in [0.15, 0.2) is 54.6 Å². The molecule has 0 N–H and O–H groups in total. The first kappa shape index (κ1) is 12.3. The summed E-state index contributed by atoms with van der Waals surface area (Å²) in [7, 11) is 1.37. The third-order valence-corrected chi connectivity index (χ3v) is 3.10. The maximum absolute atomic E-state index is 11.4. The third-order valence-electron chi connectivity index (χ3n) is 3.10. The zero-order valence-corrected chi connectivity index (χ0v) is 10.9. The zero-order chi connectivity index (χ0) is 13.9. The highest BCUT2D eigenvalue weighted by Gasteiger charge is 2.06. The Bertz CT molecular complexity index is 767. The summed E-state index contributed by atoms with van der Waals surface area (Å²) in [5.41, 5.74) is 3.07. The summed E-state index contributed by atoms with van der Waals surface area (Å²) in [5, 5.41) is 9.43. The number of carbonyl (C=O) groups excluding carboxylic acids is 1. The average Bonchev–Trinajstić information content (AvgIpc) is 2.54. The first-order valence-electron chi connectivity index (χ1n) is 6.19. The van der Waals surface area contributed by atoms with Gasteiger partial charge in [-0.05, 0) is 24.3 Å². The lowest BCUT2D eigenvalue weighted by atomic mass is 10.1. The number of rotatable bonds is 2. The van der Waals surface area contributed by atoms with Crippen molar-refractivity contribution >= 4 is 16.9 Å². The lowest BCUT2D eigenvalue weighted by Crippen LogP contribution is -2.00. The molecule has 0 aliphatic carbocycles. The van der Waals surface area contributed by atoms with Gasteiger partial charge in [0.25, 0.3) is 0 Å². The Kier molecular flexibility index (Phi) is 3.13. The average molecular weight is 264 g/mol. The van der Waals surface area contributed by atoms with E-state index < -0.39 is 0 Å². The van der Waals surface area contributed by atoms with E-state index in [4.69, 9.17) is 0 Å². The molecular formula is C16H12N2O2. The molecule has 4 nitrogen and oxygen atoms in total. The van der Waals surface area contributed by atoms with Gasteiger partial charge in [-0.15, -0.1) is 10.2 Å². The molecule has 0 atom stereocenters. The molecular weight excluding hydrogens is 252 g/mol. The number of hydrogen-bond donors (Lipinski definition) is 0. The van der Waals surface area contributed by atoms with Crippen molar-refractivity contribution in [3.05, 3.63) is 60.2 Å². The number of hydrogen-bond acceptors (Lipinski definition) is 4. The van der Waals surface area contributed by atoms with Crippen molar-refractivity contribution in [2.24, 2.45) is 0 Å². The van der Waals surface area contributed by atoms with Crippen LogP contribution in [0.2, 0.25) is 0 Å². The van der Waals surface area contributed by atoms with Crippen LogP contribution < -0.4 is 0 Å². The number of esters is 1. The van der Waals surface area contributed by atoms with E-state index >= 15 is 0 Å². The van der Waals surface area contributed by atoms with Gasteiger partial charge in [0.15, 0.2) is 0 Å². The van der Waals surface area contributed by atoms with E-state index in [2.05, 4.69) is 14.9 Å². The minimum absolute atomic E-state index is 0.346. The van der Waals surface area contributed by atoms with Crippen LogP contribution in [0.5, 0.6) is 0 Å². The minimum Gasteiger partial charge on any atom is -0.465 e. The van der Waals surface area contributed by atoms with Gasteiger partial charge in [0, 0.05) is 10.9 Å². The molecule has 1 aromatic heterocycles. The molecule has 4 heteroatoms. The fraction of sp³-hybridized carbons (Fsp3) is 0.0625. The first-order valence-corrected chi connectivity index (χ1v) is 6.19. The molecule has 0 spiro atoms. The molecule has 0 unspecified atom stereocenters. The van der Waals surface area contributed by atoms with E-state index in [1.165, 1.54) is 7.11 Å². The number of nitrogens with zero attached hydrogens (tertiary/aromatic N) is 2. The number of carbonyl (C=O) groups is 1. The molecule has 98 valence electrons. The van der Waals surface area contributed by atoms with Gasteiger partial charge in [-0.1, -0.05) is 30.3 Å². The Balaban J connectivity index is 2.00. The van der Waals surface area contributed by atoms with E-state index in [1.807, 2.05) is 42.5 Å². The third kappa shape index (κ3) is 2.23. The predicted octanol–water partition coefficient (Wildman–Crippen LogP) is 3.08. The fourth-order valence-electron chi connectivity index (χ4n) is 2.02. The molecule has 20 heavy (non-hydrogen) atoms. The standard InChI is InChI=1S/C16H12N2O2/c1-20-16(19)12-8-6-11(7-9-12)15-10-13-4-2-3-5-14(13)17-18-15/h2-10H,1H3. The van der Waals surface area contributed by atoms with Crippen molar-refractivity contribution in [3.63, 3.8) is 0 Å². The number of ether oxygens (including phenoxy) is 1. The zero-order valence-electron chi connectivity index (χ0n) is 10.9. The molecule has 0 saturated heterocycles.